The minimum atomic E-state index is -0.703. The highest BCUT2D eigenvalue weighted by atomic mass is 19.1. The summed E-state index contributed by atoms with van der Waals surface area (Å²) in [6, 6.07) is 6.51. The third-order valence-electron chi connectivity index (χ3n) is 2.41. The van der Waals surface area contributed by atoms with Gasteiger partial charge in [-0.1, -0.05) is 0 Å². The average molecular weight is 262 g/mol. The highest BCUT2D eigenvalue weighted by molar-refractivity contribution is 5.88. The van der Waals surface area contributed by atoms with E-state index in [-0.39, 0.29) is 12.2 Å². The van der Waals surface area contributed by atoms with Crippen LogP contribution in [0.3, 0.4) is 0 Å². The van der Waals surface area contributed by atoms with Gasteiger partial charge in [-0.15, -0.1) is 0 Å². The second kappa shape index (κ2) is 5.43. The van der Waals surface area contributed by atoms with Gasteiger partial charge in [0.05, 0.1) is 12.3 Å². The van der Waals surface area contributed by atoms with Crippen LogP contribution >= 0.6 is 0 Å². The Balaban J connectivity index is 2.48. The maximum atomic E-state index is 12.8. The number of rotatable bonds is 3. The Bertz CT molecular complexity index is 650. The molecule has 0 atom stereocenters. The van der Waals surface area contributed by atoms with Gasteiger partial charge in [0.2, 0.25) is 0 Å². The molecule has 19 heavy (non-hydrogen) atoms. The first-order valence-corrected chi connectivity index (χ1v) is 5.65. The Hall–Kier alpha value is -2.50. The second-order valence-corrected chi connectivity index (χ2v) is 3.66. The van der Waals surface area contributed by atoms with Crippen LogP contribution in [0.4, 0.5) is 4.39 Å². The highest BCUT2D eigenvalue weighted by Gasteiger charge is 2.14. The van der Waals surface area contributed by atoms with Gasteiger partial charge in [-0.05, 0) is 37.3 Å². The molecule has 0 spiro atoms. The van der Waals surface area contributed by atoms with Gasteiger partial charge >= 0.3 is 5.97 Å². The standard InChI is InChI=1S/C13H11FN2O3/c1-2-19-13(18)11-7-8-15-16(12(11)17)10-5-3-9(14)4-6-10/h3-8H,2H2,1H3. The van der Waals surface area contributed by atoms with E-state index in [1.54, 1.807) is 6.92 Å². The van der Waals surface area contributed by atoms with E-state index < -0.39 is 17.3 Å². The molecule has 0 aliphatic carbocycles. The summed E-state index contributed by atoms with van der Waals surface area (Å²) in [5.41, 5.74) is -0.341. The lowest BCUT2D eigenvalue weighted by Gasteiger charge is -2.06. The number of carbonyl (C=O) groups excluding carboxylic acids is 1. The highest BCUT2D eigenvalue weighted by Crippen LogP contribution is 2.06. The molecule has 0 saturated heterocycles. The van der Waals surface area contributed by atoms with Crippen LogP contribution < -0.4 is 5.56 Å². The quantitative estimate of drug-likeness (QED) is 0.787. The lowest BCUT2D eigenvalue weighted by atomic mass is 10.3. The summed E-state index contributed by atoms with van der Waals surface area (Å²) in [6.45, 7) is 1.83. The van der Waals surface area contributed by atoms with E-state index in [9.17, 15) is 14.0 Å². The summed E-state index contributed by atoms with van der Waals surface area (Å²) in [4.78, 5) is 23.7. The molecule has 98 valence electrons. The van der Waals surface area contributed by atoms with Crippen LogP contribution in [0.2, 0.25) is 0 Å². The van der Waals surface area contributed by atoms with Gasteiger partial charge in [0.1, 0.15) is 11.4 Å². The lowest BCUT2D eigenvalue weighted by molar-refractivity contribution is 0.0523. The molecule has 0 aliphatic rings. The van der Waals surface area contributed by atoms with E-state index in [1.807, 2.05) is 0 Å². The smallest absolute Gasteiger partial charge is 0.343 e. The number of hydrogen-bond acceptors (Lipinski definition) is 4. The summed E-state index contributed by atoms with van der Waals surface area (Å²) in [5.74, 6) is -1.12. The Labute approximate surface area is 108 Å². The van der Waals surface area contributed by atoms with Crippen molar-refractivity contribution in [3.05, 3.63) is 58.3 Å². The van der Waals surface area contributed by atoms with Gasteiger partial charge in [0.25, 0.3) is 5.56 Å². The Morgan fingerprint density at radius 1 is 1.32 bits per heavy atom. The number of aromatic nitrogens is 2. The number of benzene rings is 1. The zero-order valence-electron chi connectivity index (χ0n) is 10.2. The summed E-state index contributed by atoms with van der Waals surface area (Å²) in [6.07, 6.45) is 1.32. The summed E-state index contributed by atoms with van der Waals surface area (Å²) < 4.78 is 18.6. The maximum absolute atomic E-state index is 12.8. The van der Waals surface area contributed by atoms with E-state index in [2.05, 4.69) is 5.10 Å². The average Bonchev–Trinajstić information content (AvgIpc) is 2.40. The Morgan fingerprint density at radius 3 is 2.63 bits per heavy atom. The zero-order chi connectivity index (χ0) is 13.8. The van der Waals surface area contributed by atoms with Crippen LogP contribution in [0.1, 0.15) is 17.3 Å². The largest absolute Gasteiger partial charge is 0.462 e. The predicted molar refractivity (Wildman–Crippen MR) is 65.7 cm³/mol. The van der Waals surface area contributed by atoms with Crippen molar-refractivity contribution in [2.45, 2.75) is 6.92 Å². The zero-order valence-corrected chi connectivity index (χ0v) is 10.2. The van der Waals surface area contributed by atoms with E-state index in [1.165, 1.54) is 36.5 Å². The van der Waals surface area contributed by atoms with Crippen molar-refractivity contribution < 1.29 is 13.9 Å². The van der Waals surface area contributed by atoms with Gasteiger partial charge in [0, 0.05) is 6.20 Å². The summed E-state index contributed by atoms with van der Waals surface area (Å²) >= 11 is 0. The van der Waals surface area contributed by atoms with Gasteiger partial charge in [-0.2, -0.15) is 9.78 Å². The molecule has 1 aromatic heterocycles. The molecular formula is C13H11FN2O3. The molecule has 2 rings (SSSR count). The van der Waals surface area contributed by atoms with Gasteiger partial charge < -0.3 is 4.74 Å². The fraction of sp³-hybridized carbons (Fsp3) is 0.154. The molecule has 1 aromatic carbocycles. The minimum Gasteiger partial charge on any atom is -0.462 e. The van der Waals surface area contributed by atoms with E-state index in [4.69, 9.17) is 4.74 Å². The molecular weight excluding hydrogens is 251 g/mol. The van der Waals surface area contributed by atoms with Crippen molar-refractivity contribution in [1.82, 2.24) is 9.78 Å². The van der Waals surface area contributed by atoms with Crippen molar-refractivity contribution in [2.24, 2.45) is 0 Å². The molecule has 0 saturated carbocycles. The Kier molecular flexibility index (Phi) is 3.70. The molecule has 1 heterocycles. The third kappa shape index (κ3) is 2.67. The summed E-state index contributed by atoms with van der Waals surface area (Å²) in [7, 11) is 0. The molecule has 0 amide bonds. The van der Waals surface area contributed by atoms with Crippen molar-refractivity contribution in [1.29, 1.82) is 0 Å². The van der Waals surface area contributed by atoms with Crippen molar-refractivity contribution in [3.63, 3.8) is 0 Å². The van der Waals surface area contributed by atoms with Crippen LogP contribution in [-0.4, -0.2) is 22.4 Å². The molecule has 0 fully saturated rings. The monoisotopic (exact) mass is 262 g/mol. The van der Waals surface area contributed by atoms with Crippen molar-refractivity contribution in [2.75, 3.05) is 6.61 Å². The van der Waals surface area contributed by atoms with E-state index >= 15 is 0 Å². The molecule has 2 aromatic rings. The summed E-state index contributed by atoms with van der Waals surface area (Å²) in [5, 5.41) is 3.86. The minimum absolute atomic E-state index is 0.110. The molecule has 0 N–H and O–H groups in total. The van der Waals surface area contributed by atoms with Crippen LogP contribution in [0.5, 0.6) is 0 Å². The predicted octanol–water partition coefficient (Wildman–Crippen LogP) is 1.55. The number of nitrogens with zero attached hydrogens (tertiary/aromatic N) is 2. The third-order valence-corrected chi connectivity index (χ3v) is 2.41. The number of hydrogen-bond donors (Lipinski definition) is 0. The first-order chi connectivity index (χ1) is 9.13. The van der Waals surface area contributed by atoms with Crippen LogP contribution in [0.15, 0.2) is 41.3 Å². The first kappa shape index (κ1) is 12.9. The molecule has 0 unspecified atom stereocenters. The fourth-order valence-electron chi connectivity index (χ4n) is 1.54. The SMILES string of the molecule is CCOC(=O)c1ccnn(-c2ccc(F)cc2)c1=O. The molecule has 6 heteroatoms. The number of esters is 1. The van der Waals surface area contributed by atoms with Crippen LogP contribution in [0, 0.1) is 5.82 Å². The van der Waals surface area contributed by atoms with Crippen LogP contribution in [-0.2, 0) is 4.74 Å². The lowest BCUT2D eigenvalue weighted by Crippen LogP contribution is -2.27. The van der Waals surface area contributed by atoms with Gasteiger partial charge in [0.15, 0.2) is 0 Å². The second-order valence-electron chi connectivity index (χ2n) is 3.66. The topological polar surface area (TPSA) is 61.2 Å². The van der Waals surface area contributed by atoms with Gasteiger partial charge in [-0.25, -0.2) is 9.18 Å². The van der Waals surface area contributed by atoms with E-state index in [0.717, 1.165) is 4.68 Å². The normalized spacial score (nSPS) is 10.2. The first-order valence-electron chi connectivity index (χ1n) is 5.65. The maximum Gasteiger partial charge on any atom is 0.343 e. The fourth-order valence-corrected chi connectivity index (χ4v) is 1.54. The molecule has 0 radical (unpaired) electrons. The molecule has 0 bridgehead atoms. The van der Waals surface area contributed by atoms with Gasteiger partial charge in [-0.3, -0.25) is 4.79 Å². The van der Waals surface area contributed by atoms with Crippen molar-refractivity contribution >= 4 is 5.97 Å². The number of carbonyl (C=O) groups is 1. The molecule has 0 aliphatic heterocycles. The number of ether oxygens (including phenoxy) is 1. The van der Waals surface area contributed by atoms with Crippen molar-refractivity contribution in [3.8, 4) is 5.69 Å². The Morgan fingerprint density at radius 2 is 2.00 bits per heavy atom. The number of halogens is 1. The van der Waals surface area contributed by atoms with E-state index in [0.29, 0.717) is 5.69 Å². The molecule has 5 nitrogen and oxygen atoms in total. The van der Waals surface area contributed by atoms with Crippen LogP contribution in [0.25, 0.3) is 5.69 Å².